The van der Waals surface area contributed by atoms with Gasteiger partial charge in [0, 0.05) is 6.42 Å². The van der Waals surface area contributed by atoms with Gasteiger partial charge < -0.3 is 9.84 Å². The summed E-state index contributed by atoms with van der Waals surface area (Å²) in [6.45, 7) is 0.486. The molecule has 0 saturated heterocycles. The Balaban J connectivity index is 2.18. The average Bonchev–Trinajstić information content (AvgIpc) is 2.27. The number of ether oxygens (including phenoxy) is 1. The molecule has 3 heteroatoms. The SMILES string of the molecule is N#C[C@H](O)[C@@H]1Cc2ccccc2CO1. The second-order valence-corrected chi connectivity index (χ2v) is 3.40. The molecule has 14 heavy (non-hydrogen) atoms. The van der Waals surface area contributed by atoms with Crippen LogP contribution in [0, 0.1) is 11.3 Å². The van der Waals surface area contributed by atoms with Gasteiger partial charge in [-0.15, -0.1) is 0 Å². The lowest BCUT2D eigenvalue weighted by molar-refractivity contribution is -0.0323. The molecule has 1 N–H and O–H groups in total. The summed E-state index contributed by atoms with van der Waals surface area (Å²) in [4.78, 5) is 0. The van der Waals surface area contributed by atoms with E-state index in [-0.39, 0.29) is 6.10 Å². The van der Waals surface area contributed by atoms with Crippen molar-refractivity contribution in [1.29, 1.82) is 5.26 Å². The highest BCUT2D eigenvalue weighted by atomic mass is 16.5. The lowest BCUT2D eigenvalue weighted by atomic mass is 9.97. The van der Waals surface area contributed by atoms with Gasteiger partial charge in [0.1, 0.15) is 6.10 Å². The molecular weight excluding hydrogens is 178 g/mol. The van der Waals surface area contributed by atoms with Crippen molar-refractivity contribution in [2.75, 3.05) is 0 Å². The highest BCUT2D eigenvalue weighted by Crippen LogP contribution is 2.21. The van der Waals surface area contributed by atoms with E-state index in [4.69, 9.17) is 10.00 Å². The smallest absolute Gasteiger partial charge is 0.166 e. The second-order valence-electron chi connectivity index (χ2n) is 3.40. The van der Waals surface area contributed by atoms with Crippen LogP contribution in [0.5, 0.6) is 0 Å². The fraction of sp³-hybridized carbons (Fsp3) is 0.364. The number of nitrogens with zero attached hydrogens (tertiary/aromatic N) is 1. The lowest BCUT2D eigenvalue weighted by Gasteiger charge is -2.25. The molecule has 0 bridgehead atoms. The van der Waals surface area contributed by atoms with Crippen LogP contribution in [0.15, 0.2) is 24.3 Å². The molecule has 0 aromatic heterocycles. The van der Waals surface area contributed by atoms with Crippen LogP contribution in [0.3, 0.4) is 0 Å². The van der Waals surface area contributed by atoms with Crippen LogP contribution >= 0.6 is 0 Å². The van der Waals surface area contributed by atoms with Crippen molar-refractivity contribution in [1.82, 2.24) is 0 Å². The standard InChI is InChI=1S/C11H11NO2/c12-6-10(13)11-5-8-3-1-2-4-9(8)7-14-11/h1-4,10-11,13H,5,7H2/t10-,11-/m0/s1. The van der Waals surface area contributed by atoms with E-state index in [1.165, 1.54) is 0 Å². The van der Waals surface area contributed by atoms with Crippen LogP contribution in [0.4, 0.5) is 0 Å². The molecule has 0 fully saturated rings. The van der Waals surface area contributed by atoms with Gasteiger partial charge in [0.25, 0.3) is 0 Å². The summed E-state index contributed by atoms with van der Waals surface area (Å²) in [5, 5.41) is 17.9. The van der Waals surface area contributed by atoms with Crippen molar-refractivity contribution in [3.05, 3.63) is 35.4 Å². The van der Waals surface area contributed by atoms with Crippen molar-refractivity contribution >= 4 is 0 Å². The summed E-state index contributed by atoms with van der Waals surface area (Å²) < 4.78 is 5.38. The van der Waals surface area contributed by atoms with Crippen LogP contribution < -0.4 is 0 Å². The Morgan fingerprint density at radius 3 is 2.86 bits per heavy atom. The van der Waals surface area contributed by atoms with Gasteiger partial charge in [0.2, 0.25) is 0 Å². The molecular formula is C11H11NO2. The zero-order valence-electron chi connectivity index (χ0n) is 7.68. The number of aliphatic hydroxyl groups excluding tert-OH is 1. The molecule has 0 aliphatic carbocycles. The number of aliphatic hydroxyl groups is 1. The molecule has 3 nitrogen and oxygen atoms in total. The van der Waals surface area contributed by atoms with Crippen LogP contribution in [-0.2, 0) is 17.8 Å². The van der Waals surface area contributed by atoms with E-state index in [2.05, 4.69) is 0 Å². The Hall–Kier alpha value is -1.37. The molecule has 1 aromatic carbocycles. The highest BCUT2D eigenvalue weighted by Gasteiger charge is 2.24. The summed E-state index contributed by atoms with van der Waals surface area (Å²) in [7, 11) is 0. The minimum Gasteiger partial charge on any atom is -0.375 e. The van der Waals surface area contributed by atoms with Crippen LogP contribution in [0.2, 0.25) is 0 Å². The van der Waals surface area contributed by atoms with E-state index >= 15 is 0 Å². The molecule has 1 aliphatic rings. The highest BCUT2D eigenvalue weighted by molar-refractivity contribution is 5.29. The van der Waals surface area contributed by atoms with E-state index in [1.54, 1.807) is 6.07 Å². The number of hydrogen-bond acceptors (Lipinski definition) is 3. The fourth-order valence-corrected chi connectivity index (χ4v) is 1.66. The first-order valence-corrected chi connectivity index (χ1v) is 4.57. The Morgan fingerprint density at radius 2 is 2.14 bits per heavy atom. The molecule has 1 heterocycles. The van der Waals surface area contributed by atoms with Crippen molar-refractivity contribution in [2.45, 2.75) is 25.2 Å². The van der Waals surface area contributed by atoms with E-state index < -0.39 is 6.10 Å². The number of rotatable bonds is 1. The van der Waals surface area contributed by atoms with Gasteiger partial charge in [-0.05, 0) is 11.1 Å². The number of fused-ring (bicyclic) bond motifs is 1. The van der Waals surface area contributed by atoms with Crippen molar-refractivity contribution in [2.24, 2.45) is 0 Å². The molecule has 0 spiro atoms. The Bertz CT molecular complexity index is 370. The van der Waals surface area contributed by atoms with Gasteiger partial charge in [-0.3, -0.25) is 0 Å². The summed E-state index contributed by atoms with van der Waals surface area (Å²) in [6, 6.07) is 9.73. The van der Waals surface area contributed by atoms with E-state index in [1.807, 2.05) is 24.3 Å². The predicted octanol–water partition coefficient (Wildman–Crippen LogP) is 1.01. The number of benzene rings is 1. The quantitative estimate of drug-likeness (QED) is 0.671. The molecule has 72 valence electrons. The molecule has 0 radical (unpaired) electrons. The Kier molecular flexibility index (Phi) is 2.49. The normalized spacial score (nSPS) is 22.1. The fourth-order valence-electron chi connectivity index (χ4n) is 1.66. The molecule has 0 unspecified atom stereocenters. The maximum absolute atomic E-state index is 9.32. The zero-order chi connectivity index (χ0) is 9.97. The number of nitriles is 1. The van der Waals surface area contributed by atoms with Crippen molar-refractivity contribution < 1.29 is 9.84 Å². The first-order valence-electron chi connectivity index (χ1n) is 4.57. The monoisotopic (exact) mass is 189 g/mol. The molecule has 2 rings (SSSR count). The predicted molar refractivity (Wildman–Crippen MR) is 50.3 cm³/mol. The van der Waals surface area contributed by atoms with Gasteiger partial charge >= 0.3 is 0 Å². The summed E-state index contributed by atoms with van der Waals surface area (Å²) in [5.74, 6) is 0. The Labute approximate surface area is 82.6 Å². The first kappa shape index (κ1) is 9.20. The second kappa shape index (κ2) is 3.79. The molecule has 0 amide bonds. The Morgan fingerprint density at radius 1 is 1.43 bits per heavy atom. The van der Waals surface area contributed by atoms with E-state index in [9.17, 15) is 5.11 Å². The zero-order valence-corrected chi connectivity index (χ0v) is 7.68. The van der Waals surface area contributed by atoms with Crippen LogP contribution in [0.1, 0.15) is 11.1 Å². The van der Waals surface area contributed by atoms with E-state index in [0.29, 0.717) is 13.0 Å². The average molecular weight is 189 g/mol. The largest absolute Gasteiger partial charge is 0.375 e. The number of hydrogen-bond donors (Lipinski definition) is 1. The van der Waals surface area contributed by atoms with Gasteiger partial charge in [0.15, 0.2) is 6.10 Å². The third kappa shape index (κ3) is 1.63. The first-order chi connectivity index (χ1) is 6.81. The molecule has 0 saturated carbocycles. The topological polar surface area (TPSA) is 53.2 Å². The maximum Gasteiger partial charge on any atom is 0.166 e. The van der Waals surface area contributed by atoms with Gasteiger partial charge in [-0.1, -0.05) is 24.3 Å². The molecule has 1 aliphatic heterocycles. The van der Waals surface area contributed by atoms with Crippen LogP contribution in [-0.4, -0.2) is 17.3 Å². The van der Waals surface area contributed by atoms with E-state index in [0.717, 1.165) is 11.1 Å². The van der Waals surface area contributed by atoms with Gasteiger partial charge in [0.05, 0.1) is 12.7 Å². The summed E-state index contributed by atoms with van der Waals surface area (Å²) in [6.07, 6.45) is -0.788. The minimum atomic E-state index is -1.02. The van der Waals surface area contributed by atoms with Crippen molar-refractivity contribution in [3.8, 4) is 6.07 Å². The maximum atomic E-state index is 9.32. The van der Waals surface area contributed by atoms with Crippen molar-refractivity contribution in [3.63, 3.8) is 0 Å². The molecule has 2 atom stereocenters. The minimum absolute atomic E-state index is 0.380. The molecule has 1 aromatic rings. The lowest BCUT2D eigenvalue weighted by Crippen LogP contribution is -2.33. The summed E-state index contributed by atoms with van der Waals surface area (Å²) in [5.41, 5.74) is 2.31. The van der Waals surface area contributed by atoms with Crippen LogP contribution in [0.25, 0.3) is 0 Å². The van der Waals surface area contributed by atoms with Gasteiger partial charge in [-0.2, -0.15) is 5.26 Å². The summed E-state index contributed by atoms with van der Waals surface area (Å²) >= 11 is 0. The third-order valence-corrected chi connectivity index (χ3v) is 2.48. The van der Waals surface area contributed by atoms with Gasteiger partial charge in [-0.25, -0.2) is 0 Å². The third-order valence-electron chi connectivity index (χ3n) is 2.48.